The molecule has 0 radical (unpaired) electrons. The van der Waals surface area contributed by atoms with Gasteiger partial charge in [0.15, 0.2) is 0 Å². The van der Waals surface area contributed by atoms with Crippen LogP contribution in [0.15, 0.2) is 42.5 Å². The Balaban J connectivity index is 2.13. The molecule has 0 unspecified atom stereocenters. The number of halogens is 1. The number of ether oxygens (including phenoxy) is 1. The highest BCUT2D eigenvalue weighted by Crippen LogP contribution is 2.29. The van der Waals surface area contributed by atoms with E-state index in [9.17, 15) is 5.11 Å². The van der Waals surface area contributed by atoms with E-state index in [1.54, 1.807) is 6.07 Å². The van der Waals surface area contributed by atoms with Gasteiger partial charge in [-0.2, -0.15) is 0 Å². The molecule has 3 nitrogen and oxygen atoms in total. The molecule has 0 fully saturated rings. The average molecular weight is 306 g/mol. The molecule has 112 valence electrons. The second-order valence-electron chi connectivity index (χ2n) is 5.16. The first-order valence-corrected chi connectivity index (χ1v) is 7.36. The third kappa shape index (κ3) is 4.46. The lowest BCUT2D eigenvalue weighted by molar-refractivity contribution is 0.276. The zero-order valence-electron chi connectivity index (χ0n) is 12.3. The number of benzene rings is 2. The molecule has 2 rings (SSSR count). The monoisotopic (exact) mass is 305 g/mol. The predicted octanol–water partition coefficient (Wildman–Crippen LogP) is 4.12. The van der Waals surface area contributed by atoms with Crippen molar-refractivity contribution in [2.75, 3.05) is 0 Å². The van der Waals surface area contributed by atoms with Crippen LogP contribution >= 0.6 is 11.6 Å². The molecule has 21 heavy (non-hydrogen) atoms. The summed E-state index contributed by atoms with van der Waals surface area (Å²) in [6.07, 6.45) is 0. The van der Waals surface area contributed by atoms with Crippen molar-refractivity contribution in [3.05, 3.63) is 58.6 Å². The van der Waals surface area contributed by atoms with Gasteiger partial charge in [-0.1, -0.05) is 49.7 Å². The van der Waals surface area contributed by atoms with Crippen molar-refractivity contribution in [3.63, 3.8) is 0 Å². The number of nitrogens with one attached hydrogen (secondary N) is 1. The Bertz CT molecular complexity index is 599. The van der Waals surface area contributed by atoms with Crippen LogP contribution in [0.25, 0.3) is 0 Å². The fourth-order valence-electron chi connectivity index (χ4n) is 1.91. The molecule has 0 aliphatic carbocycles. The van der Waals surface area contributed by atoms with E-state index >= 15 is 0 Å². The Hall–Kier alpha value is -1.55. The Labute approximate surface area is 130 Å². The van der Waals surface area contributed by atoms with Crippen LogP contribution in [0.2, 0.25) is 5.02 Å². The fourth-order valence-corrected chi connectivity index (χ4v) is 2.15. The molecular formula is C17H20ClNO2. The van der Waals surface area contributed by atoms with Crippen molar-refractivity contribution < 1.29 is 9.84 Å². The highest BCUT2D eigenvalue weighted by molar-refractivity contribution is 6.31. The highest BCUT2D eigenvalue weighted by Gasteiger charge is 2.07. The Kier molecular flexibility index (Phi) is 5.62. The molecule has 2 aromatic carbocycles. The minimum atomic E-state index is -0.0553. The van der Waals surface area contributed by atoms with Crippen molar-refractivity contribution >= 4 is 11.6 Å². The van der Waals surface area contributed by atoms with E-state index in [2.05, 4.69) is 19.2 Å². The summed E-state index contributed by atoms with van der Waals surface area (Å²) in [6.45, 7) is 4.86. The van der Waals surface area contributed by atoms with Crippen LogP contribution in [-0.2, 0) is 13.2 Å². The van der Waals surface area contributed by atoms with Crippen LogP contribution in [0, 0.1) is 0 Å². The third-order valence-electron chi connectivity index (χ3n) is 3.10. The first kappa shape index (κ1) is 15.8. The lowest BCUT2D eigenvalue weighted by Gasteiger charge is -2.12. The molecule has 0 aliphatic rings. The molecule has 0 saturated carbocycles. The molecule has 0 aromatic heterocycles. The van der Waals surface area contributed by atoms with Gasteiger partial charge in [-0.25, -0.2) is 0 Å². The summed E-state index contributed by atoms with van der Waals surface area (Å²) < 4.78 is 5.80. The van der Waals surface area contributed by atoms with E-state index in [-0.39, 0.29) is 6.61 Å². The normalized spacial score (nSPS) is 10.9. The van der Waals surface area contributed by atoms with E-state index in [1.165, 1.54) is 0 Å². The van der Waals surface area contributed by atoms with E-state index in [4.69, 9.17) is 16.3 Å². The fraction of sp³-hybridized carbons (Fsp3) is 0.294. The van der Waals surface area contributed by atoms with Crippen molar-refractivity contribution in [2.24, 2.45) is 0 Å². The van der Waals surface area contributed by atoms with E-state index in [1.807, 2.05) is 36.4 Å². The SMILES string of the molecule is CC(C)NCc1ccc(Oc2ccccc2CO)cc1Cl. The standard InChI is InChI=1S/C17H20ClNO2/c1-12(2)19-10-13-7-8-15(9-16(13)18)21-17-6-4-3-5-14(17)11-20/h3-9,12,19-20H,10-11H2,1-2H3. The first-order chi connectivity index (χ1) is 10.1. The van der Waals surface area contributed by atoms with Crippen molar-refractivity contribution in [3.8, 4) is 11.5 Å². The van der Waals surface area contributed by atoms with Crippen molar-refractivity contribution in [1.82, 2.24) is 5.32 Å². The second kappa shape index (κ2) is 7.46. The molecule has 0 aliphatic heterocycles. The predicted molar refractivity (Wildman–Crippen MR) is 85.9 cm³/mol. The van der Waals surface area contributed by atoms with Gasteiger partial charge in [0.1, 0.15) is 11.5 Å². The van der Waals surface area contributed by atoms with Crippen LogP contribution < -0.4 is 10.1 Å². The minimum absolute atomic E-state index is 0.0553. The average Bonchev–Trinajstić information content (AvgIpc) is 2.47. The molecule has 0 spiro atoms. The highest BCUT2D eigenvalue weighted by atomic mass is 35.5. The number of hydrogen-bond donors (Lipinski definition) is 2. The van der Waals surface area contributed by atoms with Gasteiger partial charge in [-0.15, -0.1) is 0 Å². The van der Waals surface area contributed by atoms with Crippen LogP contribution in [0.1, 0.15) is 25.0 Å². The molecule has 4 heteroatoms. The summed E-state index contributed by atoms with van der Waals surface area (Å²) in [7, 11) is 0. The Morgan fingerprint density at radius 2 is 1.90 bits per heavy atom. The van der Waals surface area contributed by atoms with Crippen LogP contribution in [0.5, 0.6) is 11.5 Å². The summed E-state index contributed by atoms with van der Waals surface area (Å²) >= 11 is 6.28. The Morgan fingerprint density at radius 3 is 2.57 bits per heavy atom. The molecule has 0 heterocycles. The van der Waals surface area contributed by atoms with Crippen molar-refractivity contribution in [2.45, 2.75) is 33.0 Å². The number of aliphatic hydroxyl groups excluding tert-OH is 1. The van der Waals surface area contributed by atoms with Crippen molar-refractivity contribution in [1.29, 1.82) is 0 Å². The Morgan fingerprint density at radius 1 is 1.14 bits per heavy atom. The zero-order valence-corrected chi connectivity index (χ0v) is 13.0. The summed E-state index contributed by atoms with van der Waals surface area (Å²) in [5, 5.41) is 13.3. The number of rotatable bonds is 6. The van der Waals surface area contributed by atoms with E-state index < -0.39 is 0 Å². The van der Waals surface area contributed by atoms with Gasteiger partial charge in [0.05, 0.1) is 6.61 Å². The van der Waals surface area contributed by atoms with Crippen LogP contribution in [0.4, 0.5) is 0 Å². The summed E-state index contributed by atoms with van der Waals surface area (Å²) in [5.74, 6) is 1.30. The van der Waals surface area contributed by atoms with Gasteiger partial charge in [-0.3, -0.25) is 0 Å². The lowest BCUT2D eigenvalue weighted by Crippen LogP contribution is -2.21. The smallest absolute Gasteiger partial charge is 0.132 e. The number of hydrogen-bond acceptors (Lipinski definition) is 3. The number of aliphatic hydroxyl groups is 1. The van der Waals surface area contributed by atoms with Crippen LogP contribution in [0.3, 0.4) is 0 Å². The zero-order chi connectivity index (χ0) is 15.2. The third-order valence-corrected chi connectivity index (χ3v) is 3.45. The minimum Gasteiger partial charge on any atom is -0.457 e. The molecular weight excluding hydrogens is 286 g/mol. The summed E-state index contributed by atoms with van der Waals surface area (Å²) in [6, 6.07) is 13.4. The summed E-state index contributed by atoms with van der Waals surface area (Å²) in [5.41, 5.74) is 1.78. The quantitative estimate of drug-likeness (QED) is 0.843. The van der Waals surface area contributed by atoms with Gasteiger partial charge in [-0.05, 0) is 23.8 Å². The summed E-state index contributed by atoms with van der Waals surface area (Å²) in [4.78, 5) is 0. The van der Waals surface area contributed by atoms with E-state index in [0.717, 1.165) is 17.7 Å². The first-order valence-electron chi connectivity index (χ1n) is 6.98. The second-order valence-corrected chi connectivity index (χ2v) is 5.56. The maximum Gasteiger partial charge on any atom is 0.132 e. The molecule has 2 aromatic rings. The molecule has 0 bridgehead atoms. The van der Waals surface area contributed by atoms with Gasteiger partial charge in [0.25, 0.3) is 0 Å². The topological polar surface area (TPSA) is 41.5 Å². The van der Waals surface area contributed by atoms with Gasteiger partial charge in [0.2, 0.25) is 0 Å². The molecule has 2 N–H and O–H groups in total. The molecule has 0 amide bonds. The van der Waals surface area contributed by atoms with Crippen LogP contribution in [-0.4, -0.2) is 11.1 Å². The van der Waals surface area contributed by atoms with Gasteiger partial charge < -0.3 is 15.2 Å². The number of para-hydroxylation sites is 1. The largest absolute Gasteiger partial charge is 0.457 e. The maximum absolute atomic E-state index is 9.30. The van der Waals surface area contributed by atoms with E-state index in [0.29, 0.717) is 22.6 Å². The maximum atomic E-state index is 9.30. The molecule has 0 atom stereocenters. The van der Waals surface area contributed by atoms with Gasteiger partial charge >= 0.3 is 0 Å². The molecule has 0 saturated heterocycles. The van der Waals surface area contributed by atoms with Gasteiger partial charge in [0, 0.05) is 23.2 Å². The lowest BCUT2D eigenvalue weighted by atomic mass is 10.2.